The highest BCUT2D eigenvalue weighted by Crippen LogP contribution is 2.25. The van der Waals surface area contributed by atoms with Crippen LogP contribution in [0.25, 0.3) is 0 Å². The summed E-state index contributed by atoms with van der Waals surface area (Å²) in [5.74, 6) is 0. The van der Waals surface area contributed by atoms with Crippen molar-refractivity contribution in [3.63, 3.8) is 0 Å². The molecule has 0 aliphatic carbocycles. The molecule has 0 saturated carbocycles. The van der Waals surface area contributed by atoms with E-state index in [0.717, 1.165) is 26.1 Å². The SMILES string of the molecule is COCC(CNCCCC(C)(C)CCN)OC. The van der Waals surface area contributed by atoms with Crippen LogP contribution < -0.4 is 11.1 Å². The molecule has 4 heteroatoms. The molecule has 0 aromatic heterocycles. The molecule has 0 heterocycles. The van der Waals surface area contributed by atoms with Gasteiger partial charge < -0.3 is 20.5 Å². The Morgan fingerprint density at radius 1 is 1.24 bits per heavy atom. The fourth-order valence-electron chi connectivity index (χ4n) is 1.87. The Hall–Kier alpha value is -0.160. The van der Waals surface area contributed by atoms with E-state index in [9.17, 15) is 0 Å². The third-order valence-corrected chi connectivity index (χ3v) is 3.09. The molecule has 0 aliphatic heterocycles. The maximum Gasteiger partial charge on any atom is 0.0928 e. The topological polar surface area (TPSA) is 56.5 Å². The van der Waals surface area contributed by atoms with Crippen molar-refractivity contribution >= 4 is 0 Å². The van der Waals surface area contributed by atoms with Crippen molar-refractivity contribution in [1.82, 2.24) is 5.32 Å². The summed E-state index contributed by atoms with van der Waals surface area (Å²) in [5, 5.41) is 3.40. The van der Waals surface area contributed by atoms with Crippen LogP contribution in [0.1, 0.15) is 33.1 Å². The lowest BCUT2D eigenvalue weighted by Crippen LogP contribution is -2.32. The van der Waals surface area contributed by atoms with E-state index < -0.39 is 0 Å². The summed E-state index contributed by atoms with van der Waals surface area (Å²) in [6, 6.07) is 0. The molecule has 4 nitrogen and oxygen atoms in total. The lowest BCUT2D eigenvalue weighted by Gasteiger charge is -2.24. The van der Waals surface area contributed by atoms with Crippen LogP contribution in [0.3, 0.4) is 0 Å². The largest absolute Gasteiger partial charge is 0.382 e. The maximum absolute atomic E-state index is 5.59. The van der Waals surface area contributed by atoms with Crippen molar-refractivity contribution < 1.29 is 9.47 Å². The first-order valence-electron chi connectivity index (χ1n) is 6.48. The van der Waals surface area contributed by atoms with Crippen molar-refractivity contribution in [2.24, 2.45) is 11.1 Å². The zero-order valence-electron chi connectivity index (χ0n) is 11.9. The molecule has 0 amide bonds. The third-order valence-electron chi connectivity index (χ3n) is 3.09. The molecule has 0 aromatic rings. The van der Waals surface area contributed by atoms with Gasteiger partial charge in [0.25, 0.3) is 0 Å². The van der Waals surface area contributed by atoms with Gasteiger partial charge in [-0.1, -0.05) is 13.8 Å². The van der Waals surface area contributed by atoms with Crippen LogP contribution in [-0.4, -0.2) is 46.6 Å². The van der Waals surface area contributed by atoms with Gasteiger partial charge in [0.05, 0.1) is 12.7 Å². The summed E-state index contributed by atoms with van der Waals surface area (Å²) in [4.78, 5) is 0. The summed E-state index contributed by atoms with van der Waals surface area (Å²) in [7, 11) is 3.41. The molecule has 0 aliphatic rings. The van der Waals surface area contributed by atoms with Crippen LogP contribution in [0, 0.1) is 5.41 Å². The fourth-order valence-corrected chi connectivity index (χ4v) is 1.87. The van der Waals surface area contributed by atoms with Crippen LogP contribution in [0.15, 0.2) is 0 Å². The van der Waals surface area contributed by atoms with Gasteiger partial charge in [0.2, 0.25) is 0 Å². The zero-order chi connectivity index (χ0) is 13.1. The molecule has 1 atom stereocenters. The predicted octanol–water partition coefficient (Wildman–Crippen LogP) is 1.39. The van der Waals surface area contributed by atoms with E-state index in [1.165, 1.54) is 12.8 Å². The number of rotatable bonds is 11. The Morgan fingerprint density at radius 2 is 1.94 bits per heavy atom. The molecule has 0 spiro atoms. The molecule has 1 unspecified atom stereocenters. The molecule has 17 heavy (non-hydrogen) atoms. The summed E-state index contributed by atoms with van der Waals surface area (Å²) >= 11 is 0. The number of nitrogens with two attached hydrogens (primary N) is 1. The molecule has 0 saturated heterocycles. The number of ether oxygens (including phenoxy) is 2. The second-order valence-electron chi connectivity index (χ2n) is 5.32. The number of hydrogen-bond donors (Lipinski definition) is 2. The highest BCUT2D eigenvalue weighted by Gasteiger charge is 2.15. The van der Waals surface area contributed by atoms with Crippen LogP contribution >= 0.6 is 0 Å². The number of hydrogen-bond acceptors (Lipinski definition) is 4. The smallest absolute Gasteiger partial charge is 0.0928 e. The van der Waals surface area contributed by atoms with Gasteiger partial charge in [0.15, 0.2) is 0 Å². The lowest BCUT2D eigenvalue weighted by atomic mass is 9.84. The van der Waals surface area contributed by atoms with E-state index in [2.05, 4.69) is 19.2 Å². The predicted molar refractivity (Wildman–Crippen MR) is 72.2 cm³/mol. The van der Waals surface area contributed by atoms with Gasteiger partial charge >= 0.3 is 0 Å². The first-order valence-corrected chi connectivity index (χ1v) is 6.48. The maximum atomic E-state index is 5.59. The molecule has 0 bridgehead atoms. The van der Waals surface area contributed by atoms with Gasteiger partial charge in [-0.05, 0) is 37.8 Å². The third kappa shape index (κ3) is 9.53. The minimum Gasteiger partial charge on any atom is -0.382 e. The molecular weight excluding hydrogens is 216 g/mol. The molecular formula is C13H30N2O2. The summed E-state index contributed by atoms with van der Waals surface area (Å²) in [5.41, 5.74) is 5.95. The normalized spacial score (nSPS) is 13.9. The van der Waals surface area contributed by atoms with Crippen LogP contribution in [-0.2, 0) is 9.47 Å². The van der Waals surface area contributed by atoms with Crippen molar-refractivity contribution in [3.05, 3.63) is 0 Å². The molecule has 3 N–H and O–H groups in total. The van der Waals surface area contributed by atoms with E-state index in [-0.39, 0.29) is 6.10 Å². The molecule has 0 aromatic carbocycles. The van der Waals surface area contributed by atoms with Gasteiger partial charge in [0.1, 0.15) is 0 Å². The minimum absolute atomic E-state index is 0.150. The van der Waals surface area contributed by atoms with E-state index in [1.54, 1.807) is 14.2 Å². The Balaban J connectivity index is 3.50. The van der Waals surface area contributed by atoms with E-state index in [1.807, 2.05) is 0 Å². The first-order chi connectivity index (χ1) is 8.05. The Labute approximate surface area is 106 Å². The molecule has 0 rings (SSSR count). The fraction of sp³-hybridized carbons (Fsp3) is 1.00. The van der Waals surface area contributed by atoms with Gasteiger partial charge in [0, 0.05) is 20.8 Å². The van der Waals surface area contributed by atoms with Gasteiger partial charge in [-0.3, -0.25) is 0 Å². The Kier molecular flexibility index (Phi) is 9.74. The van der Waals surface area contributed by atoms with Crippen molar-refractivity contribution in [1.29, 1.82) is 0 Å². The monoisotopic (exact) mass is 246 g/mol. The van der Waals surface area contributed by atoms with Gasteiger partial charge in [-0.2, -0.15) is 0 Å². The molecule has 0 radical (unpaired) electrons. The van der Waals surface area contributed by atoms with Gasteiger partial charge in [-0.15, -0.1) is 0 Å². The average molecular weight is 246 g/mol. The van der Waals surface area contributed by atoms with E-state index in [4.69, 9.17) is 15.2 Å². The quantitative estimate of drug-likeness (QED) is 0.541. The van der Waals surface area contributed by atoms with E-state index in [0.29, 0.717) is 12.0 Å². The second kappa shape index (κ2) is 9.83. The zero-order valence-corrected chi connectivity index (χ0v) is 11.9. The highest BCUT2D eigenvalue weighted by atomic mass is 16.5. The summed E-state index contributed by atoms with van der Waals surface area (Å²) in [6.07, 6.45) is 3.63. The summed E-state index contributed by atoms with van der Waals surface area (Å²) < 4.78 is 10.3. The Morgan fingerprint density at radius 3 is 2.47 bits per heavy atom. The highest BCUT2D eigenvalue weighted by molar-refractivity contribution is 4.70. The lowest BCUT2D eigenvalue weighted by molar-refractivity contribution is 0.0289. The van der Waals surface area contributed by atoms with Crippen LogP contribution in [0.5, 0.6) is 0 Å². The Bertz CT molecular complexity index is 175. The van der Waals surface area contributed by atoms with Crippen LogP contribution in [0.2, 0.25) is 0 Å². The van der Waals surface area contributed by atoms with Crippen molar-refractivity contribution in [2.45, 2.75) is 39.2 Å². The van der Waals surface area contributed by atoms with Crippen molar-refractivity contribution in [2.75, 3.05) is 40.5 Å². The van der Waals surface area contributed by atoms with Crippen molar-refractivity contribution in [3.8, 4) is 0 Å². The molecule has 0 fully saturated rings. The number of nitrogens with one attached hydrogen (secondary N) is 1. The van der Waals surface area contributed by atoms with E-state index >= 15 is 0 Å². The molecule has 104 valence electrons. The average Bonchev–Trinajstić information content (AvgIpc) is 2.27. The minimum atomic E-state index is 0.150. The summed E-state index contributed by atoms with van der Waals surface area (Å²) in [6.45, 7) is 7.85. The number of methoxy groups -OCH3 is 2. The second-order valence-corrected chi connectivity index (χ2v) is 5.32. The standard InChI is InChI=1S/C13H30N2O2/c1-13(2,7-8-14)6-5-9-15-10-12(17-4)11-16-3/h12,15H,5-11,14H2,1-4H3. The van der Waals surface area contributed by atoms with Gasteiger partial charge in [-0.25, -0.2) is 0 Å². The van der Waals surface area contributed by atoms with Crippen LogP contribution in [0.4, 0.5) is 0 Å². The first kappa shape index (κ1) is 16.8.